The van der Waals surface area contributed by atoms with Crippen LogP contribution in [0.5, 0.6) is 0 Å². The first-order chi connectivity index (χ1) is 11.8. The van der Waals surface area contributed by atoms with Crippen LogP contribution in [0.2, 0.25) is 0 Å². The second-order valence-electron chi connectivity index (χ2n) is 5.10. The average molecular weight is 368 g/mol. The van der Waals surface area contributed by atoms with E-state index in [2.05, 4.69) is 0 Å². The number of ether oxygens (including phenoxy) is 2. The van der Waals surface area contributed by atoms with Crippen LogP contribution in [0.15, 0.2) is 0 Å². The molecule has 0 radical (unpaired) electrons. The first-order valence-electron chi connectivity index (χ1n) is 7.00. The van der Waals surface area contributed by atoms with Crippen molar-refractivity contribution in [1.29, 1.82) is 0 Å². The lowest BCUT2D eigenvalue weighted by atomic mass is 10.2. The quantitative estimate of drug-likeness (QED) is 0.377. The third-order valence-corrected chi connectivity index (χ3v) is 3.42. The van der Waals surface area contributed by atoms with Gasteiger partial charge in [-0.05, 0) is 0 Å². The average Bonchev–Trinajstić information content (AvgIpc) is 2.61. The van der Waals surface area contributed by atoms with Gasteiger partial charge in [-0.3, -0.25) is 9.59 Å². The maximum atomic E-state index is 13.5. The number of hydrogen-bond donors (Lipinski definition) is 1. The van der Waals surface area contributed by atoms with Crippen LogP contribution in [-0.2, 0) is 19.1 Å². The number of morpholine rings is 1. The van der Waals surface area contributed by atoms with E-state index in [0.29, 0.717) is 0 Å². The summed E-state index contributed by atoms with van der Waals surface area (Å²) in [4.78, 5) is 24.9. The first kappa shape index (κ1) is 19.1. The lowest BCUT2D eigenvalue weighted by molar-refractivity contribution is -0.149. The van der Waals surface area contributed by atoms with E-state index in [9.17, 15) is 31.5 Å². The van der Waals surface area contributed by atoms with Crippen LogP contribution >= 0.6 is 0 Å². The normalized spacial score (nSPS) is 17.5. The zero-order valence-electron chi connectivity index (χ0n) is 12.9. The SMILES string of the molecule is COCC1CN(C(=O)C(=O)Nc2c(F)c(F)c(F)c(F)c2F)CCO1. The molecule has 0 saturated carbocycles. The Morgan fingerprint density at radius 1 is 1.12 bits per heavy atom. The molecule has 1 N–H and O–H groups in total. The molecule has 1 aromatic rings. The summed E-state index contributed by atoms with van der Waals surface area (Å²) < 4.78 is 76.4. The number of carbonyl (C=O) groups excluding carboxylic acids is 2. The standard InChI is InChI=1S/C14H13F5N2O4/c1-24-5-6-4-21(2-3-25-6)14(23)13(22)20-12-10(18)8(16)7(15)9(17)11(12)19/h6H,2-5H2,1H3,(H,20,22). The fraction of sp³-hybridized carbons (Fsp3) is 0.429. The van der Waals surface area contributed by atoms with Gasteiger partial charge in [0.05, 0.1) is 19.3 Å². The number of halogens is 5. The van der Waals surface area contributed by atoms with E-state index >= 15 is 0 Å². The summed E-state index contributed by atoms with van der Waals surface area (Å²) in [6, 6.07) is 0. The minimum Gasteiger partial charge on any atom is -0.382 e. The topological polar surface area (TPSA) is 67.9 Å². The highest BCUT2D eigenvalue weighted by Gasteiger charge is 2.32. The van der Waals surface area contributed by atoms with Crippen LogP contribution in [0.4, 0.5) is 27.6 Å². The third-order valence-electron chi connectivity index (χ3n) is 3.42. The van der Waals surface area contributed by atoms with Crippen molar-refractivity contribution in [2.45, 2.75) is 6.10 Å². The number of carbonyl (C=O) groups is 2. The molecule has 2 rings (SSSR count). The van der Waals surface area contributed by atoms with Gasteiger partial charge >= 0.3 is 11.8 Å². The Morgan fingerprint density at radius 3 is 2.24 bits per heavy atom. The molecule has 138 valence electrons. The molecule has 0 bridgehead atoms. The number of nitrogens with one attached hydrogen (secondary N) is 1. The fourth-order valence-corrected chi connectivity index (χ4v) is 2.22. The molecule has 1 fully saturated rings. The van der Waals surface area contributed by atoms with Crippen LogP contribution in [0, 0.1) is 29.1 Å². The van der Waals surface area contributed by atoms with Crippen LogP contribution in [-0.4, -0.2) is 56.2 Å². The van der Waals surface area contributed by atoms with Crippen LogP contribution < -0.4 is 5.32 Å². The number of benzene rings is 1. The van der Waals surface area contributed by atoms with Crippen LogP contribution in [0.1, 0.15) is 0 Å². The minimum atomic E-state index is -2.37. The highest BCUT2D eigenvalue weighted by atomic mass is 19.2. The maximum absolute atomic E-state index is 13.5. The van der Waals surface area contributed by atoms with Gasteiger partial charge in [0, 0.05) is 20.2 Å². The third kappa shape index (κ3) is 3.87. The maximum Gasteiger partial charge on any atom is 0.314 e. The summed E-state index contributed by atoms with van der Waals surface area (Å²) in [7, 11) is 1.40. The number of anilines is 1. The Labute approximate surface area is 138 Å². The van der Waals surface area contributed by atoms with E-state index in [-0.39, 0.29) is 26.3 Å². The van der Waals surface area contributed by atoms with Gasteiger partial charge in [0.2, 0.25) is 5.82 Å². The van der Waals surface area contributed by atoms with Crippen LogP contribution in [0.25, 0.3) is 0 Å². The Morgan fingerprint density at radius 2 is 1.68 bits per heavy atom. The second-order valence-corrected chi connectivity index (χ2v) is 5.10. The summed E-state index contributed by atoms with van der Waals surface area (Å²) in [5.41, 5.74) is -1.59. The Bertz CT molecular complexity index is 669. The number of nitrogens with zero attached hydrogens (tertiary/aromatic N) is 1. The molecule has 0 aliphatic carbocycles. The molecule has 1 aromatic carbocycles. The lowest BCUT2D eigenvalue weighted by Crippen LogP contribution is -2.50. The van der Waals surface area contributed by atoms with Crippen molar-refractivity contribution in [3.8, 4) is 0 Å². The van der Waals surface area contributed by atoms with Crippen molar-refractivity contribution in [2.75, 3.05) is 38.7 Å². The molecular formula is C14H13F5N2O4. The number of rotatable bonds is 3. The summed E-state index contributed by atoms with van der Waals surface area (Å²) in [5, 5.41) is 1.43. The van der Waals surface area contributed by atoms with Crippen molar-refractivity contribution in [2.24, 2.45) is 0 Å². The van der Waals surface area contributed by atoms with Gasteiger partial charge in [-0.2, -0.15) is 0 Å². The van der Waals surface area contributed by atoms with E-state index < -0.39 is 52.7 Å². The van der Waals surface area contributed by atoms with Gasteiger partial charge in [-0.1, -0.05) is 0 Å². The molecule has 11 heteroatoms. The van der Waals surface area contributed by atoms with Gasteiger partial charge in [0.1, 0.15) is 5.69 Å². The molecule has 1 saturated heterocycles. The van der Waals surface area contributed by atoms with Crippen molar-refractivity contribution in [3.63, 3.8) is 0 Å². The molecule has 1 unspecified atom stereocenters. The van der Waals surface area contributed by atoms with Gasteiger partial charge in [0.15, 0.2) is 23.3 Å². The molecule has 1 aliphatic heterocycles. The fourth-order valence-electron chi connectivity index (χ4n) is 2.22. The largest absolute Gasteiger partial charge is 0.382 e. The minimum absolute atomic E-state index is 0.0174. The molecule has 6 nitrogen and oxygen atoms in total. The molecule has 25 heavy (non-hydrogen) atoms. The number of amides is 2. The van der Waals surface area contributed by atoms with Gasteiger partial charge in [-0.15, -0.1) is 0 Å². The predicted octanol–water partition coefficient (Wildman–Crippen LogP) is 1.19. The van der Waals surface area contributed by atoms with Gasteiger partial charge in [0.25, 0.3) is 0 Å². The predicted molar refractivity (Wildman–Crippen MR) is 73.1 cm³/mol. The van der Waals surface area contributed by atoms with Crippen molar-refractivity contribution < 1.29 is 41.0 Å². The summed E-state index contributed by atoms with van der Waals surface area (Å²) in [5.74, 6) is -14.0. The molecule has 0 spiro atoms. The van der Waals surface area contributed by atoms with Gasteiger partial charge < -0.3 is 19.7 Å². The van der Waals surface area contributed by atoms with Crippen molar-refractivity contribution >= 4 is 17.5 Å². The summed E-state index contributed by atoms with van der Waals surface area (Å²) in [6.07, 6.45) is -0.510. The molecule has 1 atom stereocenters. The number of methoxy groups -OCH3 is 1. The lowest BCUT2D eigenvalue weighted by Gasteiger charge is -2.32. The zero-order chi connectivity index (χ0) is 18.7. The summed E-state index contributed by atoms with van der Waals surface area (Å²) in [6.45, 7) is 0.222. The smallest absolute Gasteiger partial charge is 0.314 e. The Kier molecular flexibility index (Phi) is 5.90. The van der Waals surface area contributed by atoms with Gasteiger partial charge in [-0.25, -0.2) is 22.0 Å². The molecule has 1 heterocycles. The zero-order valence-corrected chi connectivity index (χ0v) is 12.9. The van der Waals surface area contributed by atoms with E-state index in [0.717, 1.165) is 4.90 Å². The highest BCUT2D eigenvalue weighted by Crippen LogP contribution is 2.27. The van der Waals surface area contributed by atoms with Crippen molar-refractivity contribution in [1.82, 2.24) is 4.90 Å². The van der Waals surface area contributed by atoms with E-state index in [1.165, 1.54) is 12.4 Å². The Balaban J connectivity index is 2.16. The molecular weight excluding hydrogens is 355 g/mol. The molecule has 1 aliphatic rings. The van der Waals surface area contributed by atoms with E-state index in [1.54, 1.807) is 0 Å². The molecule has 0 aromatic heterocycles. The summed E-state index contributed by atoms with van der Waals surface area (Å²) >= 11 is 0. The van der Waals surface area contributed by atoms with E-state index in [1.807, 2.05) is 0 Å². The highest BCUT2D eigenvalue weighted by molar-refractivity contribution is 6.39. The van der Waals surface area contributed by atoms with Crippen LogP contribution in [0.3, 0.4) is 0 Å². The Hall–Kier alpha value is -2.27. The number of hydrogen-bond acceptors (Lipinski definition) is 4. The monoisotopic (exact) mass is 368 g/mol. The van der Waals surface area contributed by atoms with Crippen molar-refractivity contribution in [3.05, 3.63) is 29.1 Å². The van der Waals surface area contributed by atoms with E-state index in [4.69, 9.17) is 9.47 Å². The molecule has 2 amide bonds. The first-order valence-corrected chi connectivity index (χ1v) is 7.00. The second kappa shape index (κ2) is 7.74.